The van der Waals surface area contributed by atoms with Gasteiger partial charge in [-0.25, -0.2) is 0 Å². The molecule has 88 valence electrons. The molecule has 0 saturated heterocycles. The Kier molecular flexibility index (Phi) is 5.97. The summed E-state index contributed by atoms with van der Waals surface area (Å²) in [7, 11) is 0. The molecule has 1 unspecified atom stereocenters. The molecule has 2 amide bonds. The van der Waals surface area contributed by atoms with Crippen LogP contribution in [0.25, 0.3) is 0 Å². The zero-order chi connectivity index (χ0) is 12.0. The average Bonchev–Trinajstić information content (AvgIpc) is 1.99. The average molecular weight is 214 g/mol. The van der Waals surface area contributed by atoms with Crippen LogP contribution in [0.15, 0.2) is 0 Å². The standard InChI is InChI=1S/C11H22N2O2/c1-7(2)6-10(13-9(5)14)11(15)12-8(3)4/h7-8,10H,6H2,1-5H3,(H,12,15)(H,13,14). The lowest BCUT2D eigenvalue weighted by Gasteiger charge is -2.20. The second kappa shape index (κ2) is 6.43. The number of carbonyl (C=O) groups is 2. The SMILES string of the molecule is CC(=O)NC(CC(C)C)C(=O)NC(C)C. The maximum absolute atomic E-state index is 11.7. The first kappa shape index (κ1) is 13.9. The van der Waals surface area contributed by atoms with Crippen LogP contribution in [-0.4, -0.2) is 23.9 Å². The Bertz CT molecular complexity index is 225. The Balaban J connectivity index is 4.33. The summed E-state index contributed by atoms with van der Waals surface area (Å²) in [6.07, 6.45) is 0.665. The van der Waals surface area contributed by atoms with E-state index in [9.17, 15) is 9.59 Å². The van der Waals surface area contributed by atoms with Gasteiger partial charge in [0.25, 0.3) is 0 Å². The molecule has 2 N–H and O–H groups in total. The predicted octanol–water partition coefficient (Wildman–Crippen LogP) is 1.06. The second-order valence-electron chi connectivity index (χ2n) is 4.55. The Morgan fingerprint density at radius 1 is 1.07 bits per heavy atom. The van der Waals surface area contributed by atoms with Gasteiger partial charge in [0.1, 0.15) is 6.04 Å². The first-order chi connectivity index (χ1) is 6.82. The zero-order valence-electron chi connectivity index (χ0n) is 10.3. The molecule has 0 aliphatic rings. The molecule has 1 atom stereocenters. The van der Waals surface area contributed by atoms with Gasteiger partial charge in [0, 0.05) is 13.0 Å². The zero-order valence-corrected chi connectivity index (χ0v) is 10.3. The van der Waals surface area contributed by atoms with E-state index in [4.69, 9.17) is 0 Å². The van der Waals surface area contributed by atoms with Gasteiger partial charge < -0.3 is 10.6 Å². The molecule has 0 aliphatic carbocycles. The molecule has 0 heterocycles. The van der Waals surface area contributed by atoms with Gasteiger partial charge >= 0.3 is 0 Å². The molecule has 0 radical (unpaired) electrons. The third-order valence-electron chi connectivity index (χ3n) is 1.83. The first-order valence-corrected chi connectivity index (χ1v) is 5.40. The van der Waals surface area contributed by atoms with E-state index in [0.29, 0.717) is 12.3 Å². The van der Waals surface area contributed by atoms with E-state index in [2.05, 4.69) is 10.6 Å². The van der Waals surface area contributed by atoms with Crippen LogP contribution in [0.5, 0.6) is 0 Å². The fourth-order valence-corrected chi connectivity index (χ4v) is 1.33. The molecule has 4 nitrogen and oxygen atoms in total. The van der Waals surface area contributed by atoms with Crippen molar-refractivity contribution in [2.75, 3.05) is 0 Å². The van der Waals surface area contributed by atoms with Crippen molar-refractivity contribution < 1.29 is 9.59 Å². The molecular formula is C11H22N2O2. The molecule has 0 aromatic rings. The number of carbonyl (C=O) groups excluding carboxylic acids is 2. The third kappa shape index (κ3) is 6.94. The number of amides is 2. The van der Waals surface area contributed by atoms with Crippen LogP contribution in [0.3, 0.4) is 0 Å². The van der Waals surface area contributed by atoms with Crippen molar-refractivity contribution in [1.29, 1.82) is 0 Å². The van der Waals surface area contributed by atoms with Crippen molar-refractivity contribution in [2.45, 2.75) is 53.1 Å². The summed E-state index contributed by atoms with van der Waals surface area (Å²) in [6.45, 7) is 9.28. The molecule has 0 aromatic heterocycles. The summed E-state index contributed by atoms with van der Waals surface area (Å²) in [5, 5.41) is 5.47. The van der Waals surface area contributed by atoms with E-state index in [0.717, 1.165) is 0 Å². The lowest BCUT2D eigenvalue weighted by Crippen LogP contribution is -2.48. The predicted molar refractivity (Wildman–Crippen MR) is 60.3 cm³/mol. The lowest BCUT2D eigenvalue weighted by molar-refractivity contribution is -0.128. The number of hydrogen-bond donors (Lipinski definition) is 2. The quantitative estimate of drug-likeness (QED) is 0.719. The highest BCUT2D eigenvalue weighted by molar-refractivity contribution is 5.86. The molecule has 0 saturated carbocycles. The highest BCUT2D eigenvalue weighted by Crippen LogP contribution is 2.05. The van der Waals surface area contributed by atoms with Gasteiger partial charge in [-0.1, -0.05) is 13.8 Å². The highest BCUT2D eigenvalue weighted by Gasteiger charge is 2.20. The molecule has 4 heteroatoms. The first-order valence-electron chi connectivity index (χ1n) is 5.40. The maximum atomic E-state index is 11.7. The second-order valence-corrected chi connectivity index (χ2v) is 4.55. The molecule has 15 heavy (non-hydrogen) atoms. The van der Waals surface area contributed by atoms with E-state index in [1.165, 1.54) is 6.92 Å². The van der Waals surface area contributed by atoms with Crippen LogP contribution >= 0.6 is 0 Å². The van der Waals surface area contributed by atoms with Crippen LogP contribution < -0.4 is 10.6 Å². The Morgan fingerprint density at radius 2 is 1.60 bits per heavy atom. The largest absolute Gasteiger partial charge is 0.352 e. The van der Waals surface area contributed by atoms with Gasteiger partial charge in [0.2, 0.25) is 11.8 Å². The molecule has 0 bridgehead atoms. The van der Waals surface area contributed by atoms with Crippen LogP contribution in [0.1, 0.15) is 41.0 Å². The summed E-state index contributed by atoms with van der Waals surface area (Å²) >= 11 is 0. The number of hydrogen-bond acceptors (Lipinski definition) is 2. The fraction of sp³-hybridized carbons (Fsp3) is 0.818. The number of rotatable bonds is 5. The molecule has 0 aromatic carbocycles. The molecule has 0 aliphatic heterocycles. The van der Waals surface area contributed by atoms with Crippen LogP contribution in [0, 0.1) is 5.92 Å². The van der Waals surface area contributed by atoms with E-state index in [-0.39, 0.29) is 17.9 Å². The Labute approximate surface area is 91.8 Å². The smallest absolute Gasteiger partial charge is 0.242 e. The summed E-state index contributed by atoms with van der Waals surface area (Å²) < 4.78 is 0. The maximum Gasteiger partial charge on any atom is 0.242 e. The minimum atomic E-state index is -0.412. The van der Waals surface area contributed by atoms with Crippen LogP contribution in [-0.2, 0) is 9.59 Å². The van der Waals surface area contributed by atoms with E-state index >= 15 is 0 Å². The van der Waals surface area contributed by atoms with Gasteiger partial charge in [0.15, 0.2) is 0 Å². The molecule has 0 spiro atoms. The van der Waals surface area contributed by atoms with Crippen LogP contribution in [0.4, 0.5) is 0 Å². The molecule has 0 rings (SSSR count). The number of nitrogens with one attached hydrogen (secondary N) is 2. The van der Waals surface area contributed by atoms with Gasteiger partial charge in [-0.3, -0.25) is 9.59 Å². The molecule has 0 fully saturated rings. The fourth-order valence-electron chi connectivity index (χ4n) is 1.33. The minimum absolute atomic E-state index is 0.0981. The van der Waals surface area contributed by atoms with Crippen LogP contribution in [0.2, 0.25) is 0 Å². The summed E-state index contributed by atoms with van der Waals surface area (Å²) in [4.78, 5) is 22.6. The third-order valence-corrected chi connectivity index (χ3v) is 1.83. The van der Waals surface area contributed by atoms with Crippen molar-refractivity contribution in [1.82, 2.24) is 10.6 Å². The van der Waals surface area contributed by atoms with Crippen molar-refractivity contribution in [3.63, 3.8) is 0 Å². The van der Waals surface area contributed by atoms with E-state index < -0.39 is 6.04 Å². The van der Waals surface area contributed by atoms with Crippen molar-refractivity contribution in [3.05, 3.63) is 0 Å². The summed E-state index contributed by atoms with van der Waals surface area (Å²) in [6, 6.07) is -0.314. The topological polar surface area (TPSA) is 58.2 Å². The van der Waals surface area contributed by atoms with Gasteiger partial charge in [-0.15, -0.1) is 0 Å². The van der Waals surface area contributed by atoms with Gasteiger partial charge in [-0.2, -0.15) is 0 Å². The normalized spacial score (nSPS) is 12.7. The van der Waals surface area contributed by atoms with Crippen molar-refractivity contribution in [2.24, 2.45) is 5.92 Å². The van der Waals surface area contributed by atoms with E-state index in [1.54, 1.807) is 0 Å². The van der Waals surface area contributed by atoms with Crippen molar-refractivity contribution in [3.8, 4) is 0 Å². The van der Waals surface area contributed by atoms with Crippen molar-refractivity contribution >= 4 is 11.8 Å². The Hall–Kier alpha value is -1.06. The van der Waals surface area contributed by atoms with E-state index in [1.807, 2.05) is 27.7 Å². The van der Waals surface area contributed by atoms with Gasteiger partial charge in [-0.05, 0) is 26.2 Å². The Morgan fingerprint density at radius 3 is 1.93 bits per heavy atom. The molecular weight excluding hydrogens is 192 g/mol. The highest BCUT2D eigenvalue weighted by atomic mass is 16.2. The van der Waals surface area contributed by atoms with Gasteiger partial charge in [0.05, 0.1) is 0 Å². The minimum Gasteiger partial charge on any atom is -0.352 e. The summed E-state index contributed by atoms with van der Waals surface area (Å²) in [5.41, 5.74) is 0. The summed E-state index contributed by atoms with van der Waals surface area (Å²) in [5.74, 6) is 0.105. The lowest BCUT2D eigenvalue weighted by atomic mass is 10.0. The monoisotopic (exact) mass is 214 g/mol.